The van der Waals surface area contributed by atoms with Gasteiger partial charge in [0.1, 0.15) is 54.3 Å². The summed E-state index contributed by atoms with van der Waals surface area (Å²) in [6, 6.07) is 12.4. The number of nitrogens with one attached hydrogen (secondary N) is 4. The highest BCUT2D eigenvalue weighted by atomic mass is 16.8. The van der Waals surface area contributed by atoms with Crippen molar-refractivity contribution in [2.24, 2.45) is 22.6 Å². The molecule has 0 radical (unpaired) electrons. The molecule has 3 aliphatic rings. The SMILES string of the molecule is Cc1cc(C)cc(-c2c3[nH]ccc3cn2OC2C(Oc3ccc4c(=O)c(-c5ccc(O)cc5)coc4c3)OC(C(CO)(NC(N)=NC(C=O)C3CCC4CCCC(CO)C4N3)OC(=O)C(NCCC=O)C(=O)O)C(O)(CO)C2(O)C(O)CCCO)c1. The molecule has 0 amide bonds. The highest BCUT2D eigenvalue weighted by Crippen LogP contribution is 2.48. The molecule has 86 heavy (non-hydrogen) atoms. The lowest BCUT2D eigenvalue weighted by Crippen LogP contribution is -2.86. The topological polar surface area (TPSA) is 413 Å². The Morgan fingerprint density at radius 3 is 2.42 bits per heavy atom. The van der Waals surface area contributed by atoms with Crippen LogP contribution in [0.1, 0.15) is 62.5 Å². The number of ether oxygens (including phenoxy) is 3. The van der Waals surface area contributed by atoms with Gasteiger partial charge in [-0.25, -0.2) is 14.6 Å². The van der Waals surface area contributed by atoms with Crippen molar-refractivity contribution in [3.05, 3.63) is 107 Å². The second-order valence-corrected chi connectivity index (χ2v) is 22.4. The number of phenolic OH excluding ortho intramolecular Hbond substituents is 1. The van der Waals surface area contributed by atoms with Gasteiger partial charge in [0.15, 0.2) is 28.7 Å². The van der Waals surface area contributed by atoms with Gasteiger partial charge in [0.2, 0.25) is 24.2 Å². The van der Waals surface area contributed by atoms with Gasteiger partial charge in [-0.05, 0) is 112 Å². The minimum atomic E-state index is -3.54. The van der Waals surface area contributed by atoms with Crippen LogP contribution in [0, 0.1) is 25.7 Å². The number of H-pyrrole nitrogens is 1. The number of aliphatic hydroxyl groups is 7. The van der Waals surface area contributed by atoms with E-state index in [1.54, 1.807) is 12.3 Å². The van der Waals surface area contributed by atoms with E-state index in [1.165, 1.54) is 59.7 Å². The number of hydrogen-bond donors (Lipinski definition) is 14. The number of fused-ring (bicyclic) bond motifs is 3. The van der Waals surface area contributed by atoms with Crippen molar-refractivity contribution in [3.8, 4) is 33.9 Å². The number of piperidine rings is 1. The van der Waals surface area contributed by atoms with Crippen molar-refractivity contribution < 1.29 is 88.6 Å². The van der Waals surface area contributed by atoms with E-state index in [0.29, 0.717) is 53.1 Å². The maximum absolute atomic E-state index is 14.6. The number of phenols is 1. The molecule has 3 fully saturated rings. The monoisotopic (exact) mass is 1200 g/mol. The van der Waals surface area contributed by atoms with Crippen molar-refractivity contribution in [2.75, 3.05) is 33.0 Å². The van der Waals surface area contributed by atoms with Crippen LogP contribution in [0.25, 0.3) is 44.3 Å². The van der Waals surface area contributed by atoms with Crippen LogP contribution in [0.5, 0.6) is 11.5 Å². The first-order valence-electron chi connectivity index (χ1n) is 28.4. The van der Waals surface area contributed by atoms with E-state index in [-0.39, 0.29) is 65.4 Å². The highest BCUT2D eigenvalue weighted by Gasteiger charge is 2.75. The molecule has 462 valence electrons. The molecule has 3 aromatic carbocycles. The molecule has 1 saturated carbocycles. The third-order valence-corrected chi connectivity index (χ3v) is 16.7. The largest absolute Gasteiger partial charge is 0.508 e. The fourth-order valence-corrected chi connectivity index (χ4v) is 12.5. The zero-order valence-electron chi connectivity index (χ0n) is 47.3. The number of rotatable bonds is 25. The van der Waals surface area contributed by atoms with Crippen molar-refractivity contribution in [2.45, 2.75) is 131 Å². The lowest BCUT2D eigenvalue weighted by Gasteiger charge is -2.59. The Labute approximate surface area is 492 Å². The Balaban J connectivity index is 1.23. The lowest BCUT2D eigenvalue weighted by molar-refractivity contribution is -0.400. The Kier molecular flexibility index (Phi) is 19.3. The predicted molar refractivity (Wildman–Crippen MR) is 308 cm³/mol. The van der Waals surface area contributed by atoms with E-state index >= 15 is 0 Å². The Bertz CT molecular complexity index is 3450. The molecule has 13 unspecified atom stereocenters. The molecular weight excluding hydrogens is 1120 g/mol. The van der Waals surface area contributed by atoms with Gasteiger partial charge < -0.3 is 100 Å². The van der Waals surface area contributed by atoms with E-state index in [0.717, 1.165) is 30.4 Å². The van der Waals surface area contributed by atoms with Gasteiger partial charge in [0.25, 0.3) is 0 Å². The van der Waals surface area contributed by atoms with Crippen molar-refractivity contribution in [1.29, 1.82) is 0 Å². The van der Waals surface area contributed by atoms with Gasteiger partial charge >= 0.3 is 11.9 Å². The zero-order valence-corrected chi connectivity index (χ0v) is 47.3. The summed E-state index contributed by atoms with van der Waals surface area (Å²) in [4.78, 5) is 80.3. The van der Waals surface area contributed by atoms with Crippen LogP contribution < -0.4 is 36.7 Å². The molecule has 6 aromatic rings. The molecule has 0 bridgehead atoms. The summed E-state index contributed by atoms with van der Waals surface area (Å²) >= 11 is 0. The zero-order chi connectivity index (χ0) is 61.7. The van der Waals surface area contributed by atoms with E-state index in [4.69, 9.17) is 29.2 Å². The van der Waals surface area contributed by atoms with Gasteiger partial charge in [0.05, 0.1) is 35.4 Å². The molecule has 15 N–H and O–H groups in total. The summed E-state index contributed by atoms with van der Waals surface area (Å²) < 4.78 is 26.4. The molecule has 13 atom stereocenters. The third-order valence-electron chi connectivity index (χ3n) is 16.7. The first-order chi connectivity index (χ1) is 41.3. The molecule has 2 saturated heterocycles. The van der Waals surface area contributed by atoms with Crippen LogP contribution in [-0.4, -0.2) is 185 Å². The fourth-order valence-electron chi connectivity index (χ4n) is 12.5. The Morgan fingerprint density at radius 1 is 0.988 bits per heavy atom. The minimum Gasteiger partial charge on any atom is -0.508 e. The number of aromatic hydroxyl groups is 1. The van der Waals surface area contributed by atoms with Gasteiger partial charge in [-0.2, -0.15) is 4.73 Å². The first kappa shape index (κ1) is 62.8. The van der Waals surface area contributed by atoms with E-state index < -0.39 is 116 Å². The van der Waals surface area contributed by atoms with Gasteiger partial charge in [0, 0.05) is 61.5 Å². The number of aromatic amines is 1. The average Bonchev–Trinajstić information content (AvgIpc) is 0.889. The van der Waals surface area contributed by atoms with Crippen LogP contribution in [0.15, 0.2) is 99.6 Å². The summed E-state index contributed by atoms with van der Waals surface area (Å²) in [5.41, 5.74) is -0.568. The Morgan fingerprint density at radius 2 is 1.74 bits per heavy atom. The summed E-state index contributed by atoms with van der Waals surface area (Å²) in [5.74, 6) is -4.66. The predicted octanol–water partition coefficient (Wildman–Crippen LogP) is 0.786. The summed E-state index contributed by atoms with van der Waals surface area (Å²) in [6.45, 7) is -0.694. The van der Waals surface area contributed by atoms with Gasteiger partial charge in [-0.3, -0.25) is 10.1 Å². The molecule has 1 aliphatic carbocycles. The number of nitrogens with zero attached hydrogens (tertiary/aromatic N) is 2. The number of aryl methyl sites for hydroxylation is 2. The number of carboxylic acids is 1. The lowest BCUT2D eigenvalue weighted by atomic mass is 9.66. The molecule has 3 aromatic heterocycles. The second-order valence-electron chi connectivity index (χ2n) is 22.4. The number of hydrogen-bond acceptors (Lipinski definition) is 21. The molecule has 2 aliphatic heterocycles. The van der Waals surface area contributed by atoms with Gasteiger partial charge in [-0.1, -0.05) is 35.7 Å². The number of carboxylic acid groups (broad SMARTS) is 1. The fraction of sp³-hybridized carbons (Fsp3) is 0.467. The highest BCUT2D eigenvalue weighted by molar-refractivity contribution is 5.98. The number of carbonyl (C=O) groups is 4. The normalized spacial score (nSPS) is 26.0. The number of guanidine groups is 1. The number of aliphatic carboxylic acids is 1. The standard InChI is InChI=1S/C60H73N7O19/c1-32-22-33(2)24-38(23-32)50-48-36(17-19-63-48)26-67(50)86-52-55(83-40-14-15-41-45(25-40)82-29-42(51(41)76)34-9-12-39(74)13-10-34)84-56(58(80,30-72)60(52,81)46(75)8-4-20-68)59(31-73,85-54(79)49(53(77)78)62-18-5-21-69)66-57(61)65-44(28-71)43-16-11-35-6-3-7-37(27-70)47(35)64-43/h9-10,12-15,17,19,21-26,28-29,35,37,43-44,46-47,49,52,55-56,62-64,68,70,72-75,80-81H,3-8,11,16,18,20,27,30-31H2,1-2H3,(H,77,78)(H3,61,65,66). The van der Waals surface area contributed by atoms with E-state index in [1.807, 2.05) is 32.0 Å². The number of benzene rings is 3. The van der Waals surface area contributed by atoms with Crippen molar-refractivity contribution in [3.63, 3.8) is 0 Å². The number of esters is 1. The summed E-state index contributed by atoms with van der Waals surface area (Å²) in [5, 5.41) is 114. The number of aliphatic imine (C=N–C) groups is 1. The van der Waals surface area contributed by atoms with Crippen LogP contribution >= 0.6 is 0 Å². The Hall–Kier alpha value is -7.76. The maximum atomic E-state index is 14.6. The number of aliphatic hydroxyl groups excluding tert-OH is 5. The van der Waals surface area contributed by atoms with E-state index in [9.17, 15) is 69.9 Å². The number of nitrogens with two attached hydrogens (primary N) is 1. The third kappa shape index (κ3) is 12.3. The molecule has 5 heterocycles. The minimum absolute atomic E-state index is 0.0352. The molecular formula is C60H73N7O19. The number of carbonyl (C=O) groups excluding carboxylic acids is 3. The molecule has 9 rings (SSSR count). The maximum Gasteiger partial charge on any atom is 0.337 e. The quantitative estimate of drug-likeness (QED) is 0.00716. The van der Waals surface area contributed by atoms with Crippen LogP contribution in [-0.2, 0) is 28.7 Å². The second kappa shape index (κ2) is 26.5. The number of aromatic nitrogens is 2. The number of aldehydes is 2. The molecule has 26 nitrogen and oxygen atoms in total. The van der Waals surface area contributed by atoms with Crippen molar-refractivity contribution >= 4 is 52.3 Å². The first-order valence-corrected chi connectivity index (χ1v) is 28.4. The average molecular weight is 1200 g/mol. The van der Waals surface area contributed by atoms with Crippen molar-refractivity contribution in [1.82, 2.24) is 25.7 Å². The summed E-state index contributed by atoms with van der Waals surface area (Å²) in [7, 11) is 0. The van der Waals surface area contributed by atoms with Crippen LogP contribution in [0.2, 0.25) is 0 Å². The van der Waals surface area contributed by atoms with Crippen LogP contribution in [0.4, 0.5) is 0 Å². The molecule has 26 heteroatoms. The van der Waals surface area contributed by atoms with Gasteiger partial charge in [-0.15, -0.1) is 0 Å². The smallest absolute Gasteiger partial charge is 0.337 e. The molecule has 0 spiro atoms. The summed E-state index contributed by atoms with van der Waals surface area (Å²) in [6.07, 6.45) is -1.98. The van der Waals surface area contributed by atoms with Crippen LogP contribution in [0.3, 0.4) is 0 Å². The van der Waals surface area contributed by atoms with E-state index in [2.05, 4.69) is 25.9 Å².